The van der Waals surface area contributed by atoms with Crippen molar-refractivity contribution >= 4 is 0 Å². The molecule has 0 saturated carbocycles. The number of halogens is 3. The van der Waals surface area contributed by atoms with Crippen molar-refractivity contribution in [1.82, 2.24) is 0 Å². The highest BCUT2D eigenvalue weighted by Gasteiger charge is 1.91. The molecule has 19 heavy (non-hydrogen) atoms. The largest absolute Gasteiger partial charge is 0.255 e. The van der Waals surface area contributed by atoms with Gasteiger partial charge in [-0.15, -0.1) is 0 Å². The Hall–Kier alpha value is -1.77. The van der Waals surface area contributed by atoms with Gasteiger partial charge in [-0.3, -0.25) is 4.39 Å². The maximum absolute atomic E-state index is 12.3. The first-order valence-corrected chi connectivity index (χ1v) is 5.82. The third-order valence-corrected chi connectivity index (χ3v) is 2.45. The molecule has 2 aromatic rings. The molecule has 2 rings (SSSR count). The Labute approximate surface area is 112 Å². The molecule has 0 saturated heterocycles. The van der Waals surface area contributed by atoms with E-state index in [2.05, 4.69) is 0 Å². The summed E-state index contributed by atoms with van der Waals surface area (Å²) in [6, 6.07) is 11.3. The maximum atomic E-state index is 12.3. The van der Waals surface area contributed by atoms with Crippen LogP contribution in [-0.2, 0) is 0 Å². The van der Waals surface area contributed by atoms with E-state index >= 15 is 0 Å². The summed E-state index contributed by atoms with van der Waals surface area (Å²) < 4.78 is 34.0. The molecule has 0 aliphatic carbocycles. The molecule has 0 aromatic heterocycles. The SMILES string of the molecule is CF.Cc1ccc(F)cc1C.Cc1cccc(F)c1. The molecule has 0 unspecified atom stereocenters. The van der Waals surface area contributed by atoms with Gasteiger partial charge in [0, 0.05) is 0 Å². The zero-order chi connectivity index (χ0) is 14.8. The van der Waals surface area contributed by atoms with Crippen LogP contribution >= 0.6 is 0 Å². The molecule has 0 N–H and O–H groups in total. The Balaban J connectivity index is 0.000000303. The Morgan fingerprint density at radius 2 is 1.26 bits per heavy atom. The van der Waals surface area contributed by atoms with Gasteiger partial charge in [0.15, 0.2) is 0 Å². The summed E-state index contributed by atoms with van der Waals surface area (Å²) in [5.41, 5.74) is 3.11. The van der Waals surface area contributed by atoms with Crippen LogP contribution in [0.15, 0.2) is 42.5 Å². The van der Waals surface area contributed by atoms with Gasteiger partial charge >= 0.3 is 0 Å². The molecule has 0 fully saturated rings. The molecule has 0 amide bonds. The van der Waals surface area contributed by atoms with Crippen molar-refractivity contribution in [2.75, 3.05) is 7.18 Å². The highest BCUT2D eigenvalue weighted by Crippen LogP contribution is 2.07. The summed E-state index contributed by atoms with van der Waals surface area (Å²) >= 11 is 0. The first-order chi connectivity index (χ1) is 8.99. The number of rotatable bonds is 0. The fourth-order valence-electron chi connectivity index (χ4n) is 1.31. The van der Waals surface area contributed by atoms with Crippen LogP contribution in [0.4, 0.5) is 13.2 Å². The van der Waals surface area contributed by atoms with E-state index in [1.54, 1.807) is 12.1 Å². The molecule has 0 bridgehead atoms. The van der Waals surface area contributed by atoms with Crippen LogP contribution < -0.4 is 0 Å². The smallest absolute Gasteiger partial charge is 0.123 e. The maximum Gasteiger partial charge on any atom is 0.123 e. The van der Waals surface area contributed by atoms with Gasteiger partial charge in [-0.2, -0.15) is 0 Å². The average Bonchev–Trinajstić information content (AvgIpc) is 2.37. The minimum atomic E-state index is -0.162. The van der Waals surface area contributed by atoms with E-state index in [4.69, 9.17) is 0 Å². The summed E-state index contributed by atoms with van der Waals surface area (Å²) in [6.45, 7) is 5.73. The monoisotopic (exact) mass is 268 g/mol. The normalized spacial score (nSPS) is 8.79. The molecule has 104 valence electrons. The molecule has 0 atom stereocenters. The minimum absolute atomic E-state index is 0.155. The van der Waals surface area contributed by atoms with Crippen LogP contribution in [0.25, 0.3) is 0 Å². The Kier molecular flexibility index (Phi) is 8.34. The van der Waals surface area contributed by atoms with E-state index < -0.39 is 0 Å². The van der Waals surface area contributed by atoms with E-state index in [9.17, 15) is 13.2 Å². The third kappa shape index (κ3) is 7.29. The number of aryl methyl sites for hydroxylation is 3. The second-order valence-corrected chi connectivity index (χ2v) is 4.03. The van der Waals surface area contributed by atoms with Gasteiger partial charge in [-0.05, 0) is 61.7 Å². The zero-order valence-electron chi connectivity index (χ0n) is 11.7. The lowest BCUT2D eigenvalue weighted by molar-refractivity contribution is 0.626. The quantitative estimate of drug-likeness (QED) is 0.619. The summed E-state index contributed by atoms with van der Waals surface area (Å²) in [5, 5.41) is 0. The fraction of sp³-hybridized carbons (Fsp3) is 0.250. The van der Waals surface area contributed by atoms with Crippen molar-refractivity contribution in [3.63, 3.8) is 0 Å². The minimum Gasteiger partial charge on any atom is -0.255 e. The van der Waals surface area contributed by atoms with E-state index in [0.29, 0.717) is 7.18 Å². The third-order valence-electron chi connectivity index (χ3n) is 2.45. The highest BCUT2D eigenvalue weighted by atomic mass is 19.1. The van der Waals surface area contributed by atoms with Gasteiger partial charge < -0.3 is 0 Å². The second-order valence-electron chi connectivity index (χ2n) is 4.03. The molecule has 0 nitrogen and oxygen atoms in total. The van der Waals surface area contributed by atoms with E-state index in [-0.39, 0.29) is 11.6 Å². The topological polar surface area (TPSA) is 0 Å². The van der Waals surface area contributed by atoms with Crippen LogP contribution in [0.2, 0.25) is 0 Å². The van der Waals surface area contributed by atoms with Gasteiger partial charge in [0.25, 0.3) is 0 Å². The molecular formula is C16H19F3. The van der Waals surface area contributed by atoms with E-state index in [1.165, 1.54) is 24.3 Å². The summed E-state index contributed by atoms with van der Waals surface area (Å²) in [6.07, 6.45) is 0. The van der Waals surface area contributed by atoms with Crippen molar-refractivity contribution in [2.24, 2.45) is 0 Å². The highest BCUT2D eigenvalue weighted by molar-refractivity contribution is 5.24. The molecule has 0 aliphatic heterocycles. The van der Waals surface area contributed by atoms with E-state index in [1.807, 2.05) is 26.8 Å². The van der Waals surface area contributed by atoms with Crippen molar-refractivity contribution in [2.45, 2.75) is 20.8 Å². The van der Waals surface area contributed by atoms with Gasteiger partial charge in [-0.1, -0.05) is 18.2 Å². The lowest BCUT2D eigenvalue weighted by Gasteiger charge is -1.96. The van der Waals surface area contributed by atoms with Crippen LogP contribution in [0.5, 0.6) is 0 Å². The number of hydrogen-bond donors (Lipinski definition) is 0. The average molecular weight is 268 g/mol. The number of hydrogen-bond acceptors (Lipinski definition) is 0. The second kappa shape index (κ2) is 9.20. The molecule has 0 heterocycles. The molecule has 0 spiro atoms. The lowest BCUT2D eigenvalue weighted by atomic mass is 10.1. The number of alkyl halides is 1. The van der Waals surface area contributed by atoms with E-state index in [0.717, 1.165) is 16.7 Å². The predicted molar refractivity (Wildman–Crippen MR) is 74.0 cm³/mol. The zero-order valence-corrected chi connectivity index (χ0v) is 11.7. The summed E-state index contributed by atoms with van der Waals surface area (Å²) in [5.74, 6) is -0.317. The van der Waals surface area contributed by atoms with Gasteiger partial charge in [-0.25, -0.2) is 8.78 Å². The predicted octanol–water partition coefficient (Wildman–Crippen LogP) is 5.16. The van der Waals surface area contributed by atoms with Gasteiger partial charge in [0.1, 0.15) is 11.6 Å². The Morgan fingerprint density at radius 1 is 0.684 bits per heavy atom. The molecule has 0 aliphatic rings. The van der Waals surface area contributed by atoms with Crippen LogP contribution in [0, 0.1) is 32.4 Å². The first-order valence-electron chi connectivity index (χ1n) is 5.82. The van der Waals surface area contributed by atoms with Crippen LogP contribution in [0.3, 0.4) is 0 Å². The van der Waals surface area contributed by atoms with Crippen molar-refractivity contribution < 1.29 is 13.2 Å². The lowest BCUT2D eigenvalue weighted by Crippen LogP contribution is -1.80. The Bertz CT molecular complexity index is 476. The Morgan fingerprint density at radius 3 is 1.63 bits per heavy atom. The molecule has 3 heteroatoms. The standard InChI is InChI=1S/C8H9F.C7H7F.CH3F/c1-6-3-4-8(9)5-7(6)2;1-6-3-2-4-7(8)5-6;1-2/h3-5H,1-2H3;2-5H,1H3;1H3. The van der Waals surface area contributed by atoms with Crippen molar-refractivity contribution in [3.05, 3.63) is 70.8 Å². The van der Waals surface area contributed by atoms with Crippen LogP contribution in [0.1, 0.15) is 16.7 Å². The fourth-order valence-corrected chi connectivity index (χ4v) is 1.31. The summed E-state index contributed by atoms with van der Waals surface area (Å²) in [4.78, 5) is 0. The number of benzene rings is 2. The molecule has 2 aromatic carbocycles. The molecule has 0 radical (unpaired) electrons. The van der Waals surface area contributed by atoms with Gasteiger partial charge in [0.05, 0.1) is 7.18 Å². The van der Waals surface area contributed by atoms with Crippen LogP contribution in [-0.4, -0.2) is 7.18 Å². The van der Waals surface area contributed by atoms with Crippen molar-refractivity contribution in [1.29, 1.82) is 0 Å². The summed E-state index contributed by atoms with van der Waals surface area (Å²) in [7, 11) is 0.500. The van der Waals surface area contributed by atoms with Gasteiger partial charge in [0.2, 0.25) is 0 Å². The van der Waals surface area contributed by atoms with Crippen molar-refractivity contribution in [3.8, 4) is 0 Å². The molecular weight excluding hydrogens is 249 g/mol. The first kappa shape index (κ1) is 17.2.